The van der Waals surface area contributed by atoms with Crippen LogP contribution in [0, 0.1) is 13.8 Å². The van der Waals surface area contributed by atoms with Gasteiger partial charge < -0.3 is 9.84 Å². The van der Waals surface area contributed by atoms with Crippen LogP contribution >= 0.6 is 0 Å². The molecule has 1 heterocycles. The Kier molecular flexibility index (Phi) is 7.27. The highest BCUT2D eigenvalue weighted by atomic mass is 32.2. The SMILES string of the molecule is CC(=O)Nc1c(C)noc1/C=C\c1ccc(C)c(S(=O)(=O)NC[C@@H](C)c2ccccc2)c1. The monoisotopic (exact) mass is 453 g/mol. The molecule has 3 rings (SSSR count). The number of hydrogen-bond acceptors (Lipinski definition) is 5. The molecule has 3 aromatic rings. The minimum Gasteiger partial charge on any atom is -0.354 e. The Morgan fingerprint density at radius 3 is 2.53 bits per heavy atom. The van der Waals surface area contributed by atoms with Crippen molar-refractivity contribution in [3.05, 3.63) is 76.7 Å². The van der Waals surface area contributed by atoms with Crippen LogP contribution in [-0.2, 0) is 14.8 Å². The first-order chi connectivity index (χ1) is 15.2. The van der Waals surface area contributed by atoms with Gasteiger partial charge in [-0.1, -0.05) is 60.6 Å². The molecule has 2 aromatic carbocycles. The Hall–Kier alpha value is -3.23. The standard InChI is InChI=1S/C24H27N3O4S/c1-16-10-11-20(12-13-22-24(26-19(4)28)18(3)27-31-22)14-23(16)32(29,30)25-15-17(2)21-8-6-5-7-9-21/h5-14,17,25H,15H2,1-4H3,(H,26,28)/b13-12-/t17-/m1/s1. The van der Waals surface area contributed by atoms with Crippen LogP contribution in [0.4, 0.5) is 5.69 Å². The molecule has 0 aliphatic heterocycles. The van der Waals surface area contributed by atoms with Crippen molar-refractivity contribution >= 4 is 33.8 Å². The molecule has 0 aliphatic carbocycles. The molecule has 7 nitrogen and oxygen atoms in total. The van der Waals surface area contributed by atoms with Gasteiger partial charge in [-0.3, -0.25) is 4.79 Å². The maximum atomic E-state index is 13.0. The van der Waals surface area contributed by atoms with Crippen molar-refractivity contribution in [1.29, 1.82) is 0 Å². The van der Waals surface area contributed by atoms with Crippen LogP contribution in [-0.4, -0.2) is 26.0 Å². The van der Waals surface area contributed by atoms with E-state index in [-0.39, 0.29) is 16.7 Å². The number of hydrogen-bond donors (Lipinski definition) is 2. The second-order valence-corrected chi connectivity index (χ2v) is 9.45. The van der Waals surface area contributed by atoms with Gasteiger partial charge in [-0.2, -0.15) is 0 Å². The minimum atomic E-state index is -3.70. The van der Waals surface area contributed by atoms with Crippen LogP contribution in [0.25, 0.3) is 12.2 Å². The number of rotatable bonds is 8. The first-order valence-electron chi connectivity index (χ1n) is 10.2. The van der Waals surface area contributed by atoms with E-state index in [2.05, 4.69) is 15.2 Å². The van der Waals surface area contributed by atoms with E-state index in [9.17, 15) is 13.2 Å². The number of aryl methyl sites for hydroxylation is 2. The van der Waals surface area contributed by atoms with E-state index in [0.29, 0.717) is 34.8 Å². The third-order valence-corrected chi connectivity index (χ3v) is 6.63. The number of nitrogens with zero attached hydrogens (tertiary/aromatic N) is 1. The molecule has 0 spiro atoms. The first kappa shape index (κ1) is 23.4. The third-order valence-electron chi connectivity index (χ3n) is 5.07. The molecular formula is C24H27N3O4S. The lowest BCUT2D eigenvalue weighted by molar-refractivity contribution is -0.114. The van der Waals surface area contributed by atoms with Gasteiger partial charge in [0, 0.05) is 13.5 Å². The molecule has 2 N–H and O–H groups in total. The van der Waals surface area contributed by atoms with Crippen LogP contribution in [0.3, 0.4) is 0 Å². The molecule has 0 unspecified atom stereocenters. The molecule has 0 aliphatic rings. The Balaban J connectivity index is 1.79. The van der Waals surface area contributed by atoms with Crippen LogP contribution < -0.4 is 10.0 Å². The number of nitrogens with one attached hydrogen (secondary N) is 2. The van der Waals surface area contributed by atoms with Crippen molar-refractivity contribution in [2.24, 2.45) is 0 Å². The second kappa shape index (κ2) is 9.93. The van der Waals surface area contributed by atoms with E-state index in [4.69, 9.17) is 4.52 Å². The quantitative estimate of drug-likeness (QED) is 0.523. The molecule has 0 fully saturated rings. The number of carbonyl (C=O) groups is 1. The number of aromatic nitrogens is 1. The van der Waals surface area contributed by atoms with Crippen LogP contribution in [0.2, 0.25) is 0 Å². The van der Waals surface area contributed by atoms with Gasteiger partial charge in [0.1, 0.15) is 11.4 Å². The summed E-state index contributed by atoms with van der Waals surface area (Å²) in [5.41, 5.74) is 3.45. The summed E-state index contributed by atoms with van der Waals surface area (Å²) in [6, 6.07) is 15.0. The molecule has 32 heavy (non-hydrogen) atoms. The largest absolute Gasteiger partial charge is 0.354 e. The Morgan fingerprint density at radius 1 is 1.12 bits per heavy atom. The predicted molar refractivity (Wildman–Crippen MR) is 126 cm³/mol. The lowest BCUT2D eigenvalue weighted by Crippen LogP contribution is -2.28. The zero-order chi connectivity index (χ0) is 23.3. The van der Waals surface area contributed by atoms with Gasteiger partial charge in [0.2, 0.25) is 15.9 Å². The van der Waals surface area contributed by atoms with E-state index >= 15 is 0 Å². The maximum absolute atomic E-state index is 13.0. The van der Waals surface area contributed by atoms with Crippen molar-refractivity contribution in [3.8, 4) is 0 Å². The highest BCUT2D eigenvalue weighted by molar-refractivity contribution is 7.89. The Bertz CT molecular complexity index is 1230. The number of carbonyl (C=O) groups excluding carboxylic acids is 1. The highest BCUT2D eigenvalue weighted by Gasteiger charge is 2.19. The summed E-state index contributed by atoms with van der Waals surface area (Å²) in [5, 5.41) is 6.56. The first-order valence-corrected chi connectivity index (χ1v) is 11.7. The summed E-state index contributed by atoms with van der Waals surface area (Å²) in [6.07, 6.45) is 3.37. The maximum Gasteiger partial charge on any atom is 0.240 e. The van der Waals surface area contributed by atoms with Gasteiger partial charge in [-0.15, -0.1) is 0 Å². The molecule has 0 saturated heterocycles. The summed E-state index contributed by atoms with van der Waals surface area (Å²) in [4.78, 5) is 11.6. The average molecular weight is 454 g/mol. The van der Waals surface area contributed by atoms with Crippen molar-refractivity contribution < 1.29 is 17.7 Å². The molecule has 168 valence electrons. The fourth-order valence-corrected chi connectivity index (χ4v) is 4.63. The minimum absolute atomic E-state index is 0.0382. The van der Waals surface area contributed by atoms with Gasteiger partial charge in [-0.25, -0.2) is 13.1 Å². The van der Waals surface area contributed by atoms with Crippen molar-refractivity contribution in [2.45, 2.75) is 38.5 Å². The third kappa shape index (κ3) is 5.72. The van der Waals surface area contributed by atoms with Gasteiger partial charge in [-0.05, 0) is 48.6 Å². The molecule has 0 saturated carbocycles. The molecule has 8 heteroatoms. The Labute approximate surface area is 188 Å². The van der Waals surface area contributed by atoms with Crippen LogP contribution in [0.1, 0.15) is 47.9 Å². The van der Waals surface area contributed by atoms with Gasteiger partial charge in [0.05, 0.1) is 4.90 Å². The smallest absolute Gasteiger partial charge is 0.240 e. The zero-order valence-corrected chi connectivity index (χ0v) is 19.4. The van der Waals surface area contributed by atoms with Gasteiger partial charge >= 0.3 is 0 Å². The number of anilines is 1. The summed E-state index contributed by atoms with van der Waals surface area (Å²) in [5.74, 6) is 0.194. The Morgan fingerprint density at radius 2 is 1.84 bits per heavy atom. The van der Waals surface area contributed by atoms with Crippen molar-refractivity contribution in [3.63, 3.8) is 0 Å². The van der Waals surface area contributed by atoms with Crippen molar-refractivity contribution in [2.75, 3.05) is 11.9 Å². The summed E-state index contributed by atoms with van der Waals surface area (Å²) >= 11 is 0. The molecule has 1 atom stereocenters. The average Bonchev–Trinajstić information content (AvgIpc) is 3.10. The molecule has 1 amide bonds. The van der Waals surface area contributed by atoms with E-state index in [1.165, 1.54) is 6.92 Å². The number of sulfonamides is 1. The van der Waals surface area contributed by atoms with E-state index in [1.807, 2.05) is 43.3 Å². The molecule has 0 radical (unpaired) electrons. The topological polar surface area (TPSA) is 101 Å². The summed E-state index contributed by atoms with van der Waals surface area (Å²) in [6.45, 7) is 7.17. The van der Waals surface area contributed by atoms with E-state index in [0.717, 1.165) is 5.56 Å². The lowest BCUT2D eigenvalue weighted by Gasteiger charge is -2.15. The van der Waals surface area contributed by atoms with Crippen molar-refractivity contribution in [1.82, 2.24) is 9.88 Å². The predicted octanol–water partition coefficient (Wildman–Crippen LogP) is 4.50. The zero-order valence-electron chi connectivity index (χ0n) is 18.5. The van der Waals surface area contributed by atoms with Crippen LogP contribution in [0.15, 0.2) is 57.9 Å². The van der Waals surface area contributed by atoms with Gasteiger partial charge in [0.25, 0.3) is 0 Å². The molecular weight excluding hydrogens is 426 g/mol. The fraction of sp³-hybridized carbons (Fsp3) is 0.250. The van der Waals surface area contributed by atoms with Gasteiger partial charge in [0.15, 0.2) is 5.76 Å². The molecule has 0 bridgehead atoms. The summed E-state index contributed by atoms with van der Waals surface area (Å²) in [7, 11) is -3.70. The second-order valence-electron chi connectivity index (χ2n) is 7.71. The fourth-order valence-electron chi connectivity index (χ4n) is 3.22. The van der Waals surface area contributed by atoms with E-state index < -0.39 is 10.0 Å². The summed E-state index contributed by atoms with van der Waals surface area (Å²) < 4.78 is 34.0. The van der Waals surface area contributed by atoms with Crippen LogP contribution in [0.5, 0.6) is 0 Å². The highest BCUT2D eigenvalue weighted by Crippen LogP contribution is 2.24. The van der Waals surface area contributed by atoms with E-state index in [1.54, 1.807) is 38.1 Å². The number of benzene rings is 2. The number of amides is 1. The molecule has 1 aromatic heterocycles. The lowest BCUT2D eigenvalue weighted by atomic mass is 10.0. The normalized spacial score (nSPS) is 12.8.